The van der Waals surface area contributed by atoms with Crippen LogP contribution in [0.3, 0.4) is 0 Å². The van der Waals surface area contributed by atoms with E-state index in [-0.39, 0.29) is 12.0 Å². The molecule has 0 radical (unpaired) electrons. The molecule has 1 aromatic carbocycles. The van der Waals surface area contributed by atoms with Crippen LogP contribution in [0.4, 0.5) is 0 Å². The van der Waals surface area contributed by atoms with Crippen molar-refractivity contribution < 1.29 is 9.90 Å². The first kappa shape index (κ1) is 14.6. The maximum atomic E-state index is 12.6. The van der Waals surface area contributed by atoms with Gasteiger partial charge in [0.2, 0.25) is 0 Å². The second-order valence-corrected chi connectivity index (χ2v) is 6.69. The fourth-order valence-corrected chi connectivity index (χ4v) is 3.94. The number of aliphatic hydroxyl groups excluding tert-OH is 1. The largest absolute Gasteiger partial charge is 0.391 e. The van der Waals surface area contributed by atoms with Crippen LogP contribution in [-0.4, -0.2) is 40.1 Å². The highest BCUT2D eigenvalue weighted by molar-refractivity contribution is 7.98. The molecule has 1 saturated heterocycles. The lowest BCUT2D eigenvalue weighted by Gasteiger charge is -2.17. The summed E-state index contributed by atoms with van der Waals surface area (Å²) in [6, 6.07) is 7.65. The first-order valence-electron chi connectivity index (χ1n) is 6.80. The van der Waals surface area contributed by atoms with Gasteiger partial charge in [-0.1, -0.05) is 12.1 Å². The third kappa shape index (κ3) is 3.45. The van der Waals surface area contributed by atoms with Crippen LogP contribution in [0.5, 0.6) is 0 Å². The van der Waals surface area contributed by atoms with Gasteiger partial charge in [0.15, 0.2) is 0 Å². The Hall–Kier alpha value is -1.37. The molecule has 0 aliphatic carbocycles. The highest BCUT2D eigenvalue weighted by atomic mass is 32.2. The van der Waals surface area contributed by atoms with Crippen molar-refractivity contribution in [2.24, 2.45) is 0 Å². The Bertz CT molecular complexity index is 616. The standard InChI is InChI=1S/C15H16N2O2S2/c18-12-5-6-17(7-12)15(19)13-3-1-2-4-14(13)21-9-11-8-20-10-16-11/h1-4,8,10,12,18H,5-7,9H2/t12-/m1/s1. The quantitative estimate of drug-likeness (QED) is 0.880. The summed E-state index contributed by atoms with van der Waals surface area (Å²) in [6.07, 6.45) is 0.281. The molecule has 1 atom stereocenters. The highest BCUT2D eigenvalue weighted by Crippen LogP contribution is 2.28. The van der Waals surface area contributed by atoms with Gasteiger partial charge in [0.05, 0.1) is 22.9 Å². The van der Waals surface area contributed by atoms with Crippen molar-refractivity contribution in [3.8, 4) is 0 Å². The van der Waals surface area contributed by atoms with Gasteiger partial charge in [0.25, 0.3) is 5.91 Å². The van der Waals surface area contributed by atoms with Gasteiger partial charge in [0, 0.05) is 29.1 Å². The van der Waals surface area contributed by atoms with Crippen molar-refractivity contribution in [1.82, 2.24) is 9.88 Å². The molecule has 0 spiro atoms. The Kier molecular flexibility index (Phi) is 4.57. The van der Waals surface area contributed by atoms with E-state index >= 15 is 0 Å². The van der Waals surface area contributed by atoms with E-state index in [1.807, 2.05) is 35.2 Å². The van der Waals surface area contributed by atoms with Crippen LogP contribution in [0.2, 0.25) is 0 Å². The van der Waals surface area contributed by atoms with Crippen LogP contribution in [0, 0.1) is 0 Å². The Morgan fingerprint density at radius 3 is 3.05 bits per heavy atom. The second kappa shape index (κ2) is 6.60. The lowest BCUT2D eigenvalue weighted by atomic mass is 10.2. The van der Waals surface area contributed by atoms with E-state index in [0.717, 1.165) is 16.3 Å². The molecule has 1 aliphatic rings. The van der Waals surface area contributed by atoms with Gasteiger partial charge in [-0.3, -0.25) is 4.79 Å². The van der Waals surface area contributed by atoms with Gasteiger partial charge in [-0.2, -0.15) is 0 Å². The van der Waals surface area contributed by atoms with Crippen LogP contribution < -0.4 is 0 Å². The minimum absolute atomic E-state index is 0.00734. The minimum atomic E-state index is -0.385. The van der Waals surface area contributed by atoms with Crippen molar-refractivity contribution in [3.63, 3.8) is 0 Å². The van der Waals surface area contributed by atoms with Crippen molar-refractivity contribution in [2.45, 2.75) is 23.2 Å². The van der Waals surface area contributed by atoms with Gasteiger partial charge in [-0.05, 0) is 18.6 Å². The van der Waals surface area contributed by atoms with Gasteiger partial charge >= 0.3 is 0 Å². The van der Waals surface area contributed by atoms with Crippen molar-refractivity contribution in [2.75, 3.05) is 13.1 Å². The zero-order valence-electron chi connectivity index (χ0n) is 11.4. The van der Waals surface area contributed by atoms with Crippen LogP contribution in [0.25, 0.3) is 0 Å². The number of hydrogen-bond acceptors (Lipinski definition) is 5. The van der Waals surface area contributed by atoms with E-state index < -0.39 is 0 Å². The van der Waals surface area contributed by atoms with Gasteiger partial charge < -0.3 is 10.0 Å². The molecule has 2 aromatic rings. The number of thiazole rings is 1. The molecule has 110 valence electrons. The zero-order valence-corrected chi connectivity index (χ0v) is 13.1. The number of aromatic nitrogens is 1. The third-order valence-corrected chi connectivity index (χ3v) is 5.17. The number of hydrogen-bond donors (Lipinski definition) is 1. The predicted molar refractivity (Wildman–Crippen MR) is 84.6 cm³/mol. The molecule has 2 heterocycles. The van der Waals surface area contributed by atoms with Crippen LogP contribution in [0.15, 0.2) is 40.1 Å². The fraction of sp³-hybridized carbons (Fsp3) is 0.333. The molecule has 0 saturated carbocycles. The molecule has 4 nitrogen and oxygen atoms in total. The number of nitrogens with zero attached hydrogens (tertiary/aromatic N) is 2. The average molecular weight is 320 g/mol. The van der Waals surface area contributed by atoms with Crippen LogP contribution in [0.1, 0.15) is 22.5 Å². The summed E-state index contributed by atoms with van der Waals surface area (Å²) < 4.78 is 0. The van der Waals surface area contributed by atoms with E-state index in [1.54, 1.807) is 28.0 Å². The van der Waals surface area contributed by atoms with Gasteiger partial charge in [-0.25, -0.2) is 4.98 Å². The van der Waals surface area contributed by atoms with E-state index in [9.17, 15) is 9.90 Å². The van der Waals surface area contributed by atoms with Gasteiger partial charge in [0.1, 0.15) is 0 Å². The van der Waals surface area contributed by atoms with Gasteiger partial charge in [-0.15, -0.1) is 23.1 Å². The Balaban J connectivity index is 1.74. The number of aliphatic hydroxyl groups is 1. The molecule has 6 heteroatoms. The Morgan fingerprint density at radius 1 is 1.48 bits per heavy atom. The number of likely N-dealkylation sites (tertiary alicyclic amines) is 1. The molecule has 1 aromatic heterocycles. The number of amides is 1. The molecule has 1 aliphatic heterocycles. The lowest BCUT2D eigenvalue weighted by molar-refractivity contribution is 0.0761. The summed E-state index contributed by atoms with van der Waals surface area (Å²) >= 11 is 3.21. The minimum Gasteiger partial charge on any atom is -0.391 e. The summed E-state index contributed by atoms with van der Waals surface area (Å²) in [4.78, 5) is 19.5. The topological polar surface area (TPSA) is 53.4 Å². The molecular weight excluding hydrogens is 304 g/mol. The molecule has 1 N–H and O–H groups in total. The van der Waals surface area contributed by atoms with Crippen molar-refractivity contribution in [1.29, 1.82) is 0 Å². The highest BCUT2D eigenvalue weighted by Gasteiger charge is 2.26. The summed E-state index contributed by atoms with van der Waals surface area (Å²) in [5.41, 5.74) is 3.56. The number of rotatable bonds is 4. The smallest absolute Gasteiger partial charge is 0.255 e. The van der Waals surface area contributed by atoms with Crippen molar-refractivity contribution in [3.05, 3.63) is 46.4 Å². The molecule has 1 amide bonds. The fourth-order valence-electron chi connectivity index (χ4n) is 2.33. The predicted octanol–water partition coefficient (Wildman–Crippen LogP) is 2.64. The zero-order chi connectivity index (χ0) is 14.7. The summed E-state index contributed by atoms with van der Waals surface area (Å²) in [6.45, 7) is 1.06. The molecule has 0 unspecified atom stereocenters. The molecular formula is C15H16N2O2S2. The maximum Gasteiger partial charge on any atom is 0.255 e. The average Bonchev–Trinajstić information content (AvgIpc) is 3.16. The SMILES string of the molecule is O=C(c1ccccc1SCc1cscn1)N1CC[C@@H](O)C1. The van der Waals surface area contributed by atoms with E-state index in [2.05, 4.69) is 4.98 Å². The van der Waals surface area contributed by atoms with Crippen LogP contribution in [-0.2, 0) is 5.75 Å². The first-order valence-corrected chi connectivity index (χ1v) is 8.73. The molecule has 1 fully saturated rings. The summed E-state index contributed by atoms with van der Waals surface area (Å²) in [5.74, 6) is 0.768. The normalized spacial score (nSPS) is 18.1. The maximum absolute atomic E-state index is 12.6. The number of carbonyl (C=O) groups is 1. The van der Waals surface area contributed by atoms with Crippen LogP contribution >= 0.6 is 23.1 Å². The molecule has 21 heavy (non-hydrogen) atoms. The monoisotopic (exact) mass is 320 g/mol. The van der Waals surface area contributed by atoms with E-state index in [0.29, 0.717) is 25.1 Å². The number of carbonyl (C=O) groups excluding carboxylic acids is 1. The Labute approximate surface area is 131 Å². The first-order chi connectivity index (χ1) is 10.2. The third-order valence-electron chi connectivity index (χ3n) is 3.43. The van der Waals surface area contributed by atoms with E-state index in [1.165, 1.54) is 0 Å². The number of benzene rings is 1. The second-order valence-electron chi connectivity index (χ2n) is 4.96. The summed E-state index contributed by atoms with van der Waals surface area (Å²) in [7, 11) is 0. The molecule has 0 bridgehead atoms. The van der Waals surface area contributed by atoms with Crippen molar-refractivity contribution >= 4 is 29.0 Å². The van der Waals surface area contributed by atoms with E-state index in [4.69, 9.17) is 0 Å². The number of thioether (sulfide) groups is 1. The lowest BCUT2D eigenvalue weighted by Crippen LogP contribution is -2.29. The molecule has 3 rings (SSSR count). The number of β-amino-alcohol motifs (C(OH)–C–C–N with tert-alkyl or cyclic N) is 1. The Morgan fingerprint density at radius 2 is 2.33 bits per heavy atom. The summed E-state index contributed by atoms with van der Waals surface area (Å²) in [5, 5.41) is 11.6.